The summed E-state index contributed by atoms with van der Waals surface area (Å²) in [5, 5.41) is -0.143. The molecule has 1 aliphatic rings. The summed E-state index contributed by atoms with van der Waals surface area (Å²) in [6.07, 6.45) is 3.69. The van der Waals surface area contributed by atoms with Crippen LogP contribution in [-0.2, 0) is 16.4 Å². The third-order valence-corrected chi connectivity index (χ3v) is 5.83. The normalized spacial score (nSPS) is 16.7. The van der Waals surface area contributed by atoms with Crippen molar-refractivity contribution in [3.05, 3.63) is 29.8 Å². The van der Waals surface area contributed by atoms with Gasteiger partial charge in [-0.1, -0.05) is 25.0 Å². The highest BCUT2D eigenvalue weighted by molar-refractivity contribution is 7.92. The Balaban J connectivity index is 1.82. The lowest BCUT2D eigenvalue weighted by Gasteiger charge is -2.12. The second-order valence-electron chi connectivity index (χ2n) is 4.97. The van der Waals surface area contributed by atoms with Crippen LogP contribution in [0.4, 0.5) is 0 Å². The van der Waals surface area contributed by atoms with Crippen LogP contribution in [0, 0.1) is 0 Å². The largest absolute Gasteiger partial charge is 0.493 e. The average Bonchev–Trinajstić information content (AvgIpc) is 2.94. The molecule has 0 atom stereocenters. The minimum absolute atomic E-state index is 0.107. The maximum atomic E-state index is 12.0. The van der Waals surface area contributed by atoms with Crippen LogP contribution in [-0.4, -0.2) is 26.0 Å². The lowest BCUT2D eigenvalue weighted by atomic mass is 10.2. The van der Waals surface area contributed by atoms with E-state index >= 15 is 0 Å². The van der Waals surface area contributed by atoms with Gasteiger partial charge in [-0.2, -0.15) is 0 Å². The van der Waals surface area contributed by atoms with Crippen LogP contribution in [0.5, 0.6) is 5.75 Å². The number of nitrogens with two attached hydrogens (primary N) is 1. The maximum absolute atomic E-state index is 12.0. The zero-order valence-electron chi connectivity index (χ0n) is 11.0. The van der Waals surface area contributed by atoms with Gasteiger partial charge < -0.3 is 10.5 Å². The third kappa shape index (κ3) is 3.94. The molecule has 2 rings (SSSR count). The first kappa shape index (κ1) is 14.3. The Hall–Kier alpha value is -1.07. The second kappa shape index (κ2) is 6.39. The summed E-state index contributed by atoms with van der Waals surface area (Å²) >= 11 is 0. The Labute approximate surface area is 114 Å². The molecule has 19 heavy (non-hydrogen) atoms. The van der Waals surface area contributed by atoms with Crippen molar-refractivity contribution < 1.29 is 13.2 Å². The molecule has 0 aliphatic heterocycles. The fraction of sp³-hybridized carbons (Fsp3) is 0.571. The maximum Gasteiger partial charge on any atom is 0.156 e. The fourth-order valence-corrected chi connectivity index (χ4v) is 4.11. The first-order chi connectivity index (χ1) is 9.12. The van der Waals surface area contributed by atoms with Crippen LogP contribution >= 0.6 is 0 Å². The lowest BCUT2D eigenvalue weighted by Crippen LogP contribution is -2.24. The van der Waals surface area contributed by atoms with E-state index < -0.39 is 9.84 Å². The molecule has 0 saturated heterocycles. The monoisotopic (exact) mass is 283 g/mol. The highest BCUT2D eigenvalue weighted by atomic mass is 32.2. The molecule has 5 heteroatoms. The van der Waals surface area contributed by atoms with Gasteiger partial charge in [-0.15, -0.1) is 0 Å². The summed E-state index contributed by atoms with van der Waals surface area (Å²) in [7, 11) is -2.99. The number of rotatable bonds is 6. The Morgan fingerprint density at radius 2 is 1.79 bits per heavy atom. The topological polar surface area (TPSA) is 69.4 Å². The highest BCUT2D eigenvalue weighted by Crippen LogP contribution is 2.25. The molecule has 0 radical (unpaired) electrons. The smallest absolute Gasteiger partial charge is 0.156 e. The van der Waals surface area contributed by atoms with Gasteiger partial charge in [0.1, 0.15) is 12.4 Å². The standard InChI is InChI=1S/C14H21NO3S/c15-11-12-5-7-13(8-6-12)18-9-10-19(16,17)14-3-1-2-4-14/h5-8,14H,1-4,9-11,15H2. The third-order valence-electron chi connectivity index (χ3n) is 3.61. The van der Waals surface area contributed by atoms with E-state index in [1.807, 2.05) is 24.3 Å². The summed E-state index contributed by atoms with van der Waals surface area (Å²) in [6, 6.07) is 7.43. The summed E-state index contributed by atoms with van der Waals surface area (Å²) in [6.45, 7) is 0.719. The summed E-state index contributed by atoms with van der Waals surface area (Å²) < 4.78 is 29.5. The molecule has 1 aromatic carbocycles. The molecule has 0 spiro atoms. The van der Waals surface area contributed by atoms with Crippen molar-refractivity contribution in [1.29, 1.82) is 0 Å². The van der Waals surface area contributed by atoms with Crippen LogP contribution in [0.3, 0.4) is 0 Å². The Morgan fingerprint density at radius 1 is 1.16 bits per heavy atom. The van der Waals surface area contributed by atoms with Gasteiger partial charge in [0.2, 0.25) is 0 Å². The molecule has 0 amide bonds. The molecule has 1 saturated carbocycles. The van der Waals surface area contributed by atoms with Gasteiger partial charge in [-0.3, -0.25) is 0 Å². The van der Waals surface area contributed by atoms with Gasteiger partial charge in [0.05, 0.1) is 11.0 Å². The minimum atomic E-state index is -2.99. The Morgan fingerprint density at radius 3 is 2.37 bits per heavy atom. The summed E-state index contributed by atoms with van der Waals surface area (Å²) in [4.78, 5) is 0. The van der Waals surface area contributed by atoms with Gasteiger partial charge in [0, 0.05) is 6.54 Å². The molecule has 0 heterocycles. The summed E-state index contributed by atoms with van der Waals surface area (Å²) in [5.41, 5.74) is 6.54. The van der Waals surface area contributed by atoms with Crippen LogP contribution in [0.1, 0.15) is 31.2 Å². The molecule has 2 N–H and O–H groups in total. The van der Waals surface area contributed by atoms with Crippen molar-refractivity contribution in [3.8, 4) is 5.75 Å². The number of ether oxygens (including phenoxy) is 1. The number of sulfone groups is 1. The van der Waals surface area contributed by atoms with Crippen molar-refractivity contribution in [1.82, 2.24) is 0 Å². The van der Waals surface area contributed by atoms with Crippen LogP contribution in [0.15, 0.2) is 24.3 Å². The lowest BCUT2D eigenvalue weighted by molar-refractivity contribution is 0.340. The fourth-order valence-electron chi connectivity index (χ4n) is 2.41. The van der Waals surface area contributed by atoms with Crippen LogP contribution < -0.4 is 10.5 Å². The van der Waals surface area contributed by atoms with Gasteiger partial charge >= 0.3 is 0 Å². The van der Waals surface area contributed by atoms with E-state index in [4.69, 9.17) is 10.5 Å². The highest BCUT2D eigenvalue weighted by Gasteiger charge is 2.28. The zero-order valence-corrected chi connectivity index (χ0v) is 11.9. The molecule has 0 bridgehead atoms. The number of hydrogen-bond acceptors (Lipinski definition) is 4. The molecule has 0 unspecified atom stereocenters. The van der Waals surface area contributed by atoms with Crippen LogP contribution in [0.2, 0.25) is 0 Å². The van der Waals surface area contributed by atoms with Crippen molar-refractivity contribution in [2.45, 2.75) is 37.5 Å². The van der Waals surface area contributed by atoms with Crippen LogP contribution in [0.25, 0.3) is 0 Å². The minimum Gasteiger partial charge on any atom is -0.493 e. The first-order valence-electron chi connectivity index (χ1n) is 6.75. The first-order valence-corrected chi connectivity index (χ1v) is 8.47. The predicted octanol–water partition coefficient (Wildman–Crippen LogP) is 1.88. The second-order valence-corrected chi connectivity index (χ2v) is 7.37. The van der Waals surface area contributed by atoms with Crippen molar-refractivity contribution in [2.75, 3.05) is 12.4 Å². The van der Waals surface area contributed by atoms with E-state index in [-0.39, 0.29) is 17.6 Å². The predicted molar refractivity (Wildman–Crippen MR) is 75.9 cm³/mol. The van der Waals surface area contributed by atoms with Gasteiger partial charge in [-0.05, 0) is 30.5 Å². The molecule has 106 valence electrons. The van der Waals surface area contributed by atoms with E-state index in [1.165, 1.54) is 0 Å². The quantitative estimate of drug-likeness (QED) is 0.865. The molecule has 1 aliphatic carbocycles. The van der Waals surface area contributed by atoms with Gasteiger partial charge in [-0.25, -0.2) is 8.42 Å². The average molecular weight is 283 g/mol. The van der Waals surface area contributed by atoms with E-state index in [2.05, 4.69) is 0 Å². The Kier molecular flexibility index (Phi) is 4.82. The van der Waals surface area contributed by atoms with E-state index in [0.29, 0.717) is 12.3 Å². The van der Waals surface area contributed by atoms with E-state index in [0.717, 1.165) is 31.2 Å². The van der Waals surface area contributed by atoms with Crippen molar-refractivity contribution in [2.24, 2.45) is 5.73 Å². The summed E-state index contributed by atoms with van der Waals surface area (Å²) in [5.74, 6) is 0.801. The van der Waals surface area contributed by atoms with Gasteiger partial charge in [0.15, 0.2) is 9.84 Å². The van der Waals surface area contributed by atoms with Gasteiger partial charge in [0.25, 0.3) is 0 Å². The molecular formula is C14H21NO3S. The Bertz CT molecular complexity index is 490. The zero-order chi connectivity index (χ0) is 13.7. The molecular weight excluding hydrogens is 262 g/mol. The number of benzene rings is 1. The molecule has 4 nitrogen and oxygen atoms in total. The SMILES string of the molecule is NCc1ccc(OCCS(=O)(=O)C2CCCC2)cc1. The van der Waals surface area contributed by atoms with Crippen molar-refractivity contribution in [3.63, 3.8) is 0 Å². The molecule has 1 fully saturated rings. The molecule has 1 aromatic rings. The molecule has 0 aromatic heterocycles. The van der Waals surface area contributed by atoms with E-state index in [1.54, 1.807) is 0 Å². The van der Waals surface area contributed by atoms with Crippen molar-refractivity contribution >= 4 is 9.84 Å². The number of hydrogen-bond donors (Lipinski definition) is 1. The van der Waals surface area contributed by atoms with E-state index in [9.17, 15) is 8.42 Å².